The second kappa shape index (κ2) is 4.16. The van der Waals surface area contributed by atoms with Crippen molar-refractivity contribution < 1.29 is 4.79 Å². The van der Waals surface area contributed by atoms with E-state index in [1.807, 2.05) is 0 Å². The Morgan fingerprint density at radius 3 is 2.91 bits per heavy atom. The molecule has 2 nitrogen and oxygen atoms in total. The van der Waals surface area contributed by atoms with Crippen molar-refractivity contribution in [1.82, 2.24) is 5.32 Å². The number of carbonyl (C=O) groups is 1. The van der Waals surface area contributed by atoms with Crippen LogP contribution in [-0.2, 0) is 4.79 Å². The fraction of sp³-hybridized carbons (Fsp3) is 0.667. The van der Waals surface area contributed by atoms with E-state index >= 15 is 0 Å². The fourth-order valence-electron chi connectivity index (χ4n) is 1.25. The van der Waals surface area contributed by atoms with E-state index in [1.54, 1.807) is 6.08 Å². The molecule has 0 atom stereocenters. The van der Waals surface area contributed by atoms with Crippen LogP contribution in [0.4, 0.5) is 0 Å². The minimum absolute atomic E-state index is 0.0801. The van der Waals surface area contributed by atoms with Crippen LogP contribution >= 0.6 is 0 Å². The molecule has 62 valence electrons. The van der Waals surface area contributed by atoms with Crippen molar-refractivity contribution in [2.24, 2.45) is 0 Å². The number of hydrogen-bond acceptors (Lipinski definition) is 1. The van der Waals surface area contributed by atoms with Crippen LogP contribution in [0.15, 0.2) is 11.6 Å². The van der Waals surface area contributed by atoms with Gasteiger partial charge >= 0.3 is 0 Å². The van der Waals surface area contributed by atoms with E-state index in [1.165, 1.54) is 24.8 Å². The molecule has 1 rings (SSSR count). The van der Waals surface area contributed by atoms with Crippen LogP contribution in [0.1, 0.15) is 32.6 Å². The normalized spacial score (nSPS) is 16.5. The molecule has 0 aromatic carbocycles. The van der Waals surface area contributed by atoms with E-state index in [0.717, 1.165) is 13.0 Å². The highest BCUT2D eigenvalue weighted by atomic mass is 16.1. The van der Waals surface area contributed by atoms with Crippen LogP contribution < -0.4 is 5.32 Å². The third-order valence-corrected chi connectivity index (χ3v) is 1.93. The van der Waals surface area contributed by atoms with Crippen molar-refractivity contribution >= 4 is 5.91 Å². The van der Waals surface area contributed by atoms with Gasteiger partial charge in [-0.05, 0) is 18.4 Å². The molecule has 0 aromatic rings. The quantitative estimate of drug-likeness (QED) is 0.611. The number of hydrogen-bond donors (Lipinski definition) is 1. The van der Waals surface area contributed by atoms with Gasteiger partial charge in [-0.2, -0.15) is 0 Å². The molecule has 1 amide bonds. The van der Waals surface area contributed by atoms with Gasteiger partial charge in [-0.25, -0.2) is 0 Å². The summed E-state index contributed by atoms with van der Waals surface area (Å²) in [5, 5.41) is 2.76. The highest BCUT2D eigenvalue weighted by Gasteiger charge is 2.08. The van der Waals surface area contributed by atoms with E-state index in [2.05, 4.69) is 12.2 Å². The monoisotopic (exact) mass is 153 g/mol. The fourth-order valence-corrected chi connectivity index (χ4v) is 1.25. The summed E-state index contributed by atoms with van der Waals surface area (Å²) in [6.07, 6.45) is 6.56. The molecule has 0 saturated carbocycles. The predicted molar refractivity (Wildman–Crippen MR) is 45.2 cm³/mol. The SMILES string of the molecule is CCCCCC1=CC(=O)NC1. The van der Waals surface area contributed by atoms with Gasteiger partial charge in [0.15, 0.2) is 0 Å². The van der Waals surface area contributed by atoms with Gasteiger partial charge in [0.05, 0.1) is 0 Å². The first-order valence-electron chi connectivity index (χ1n) is 4.30. The van der Waals surface area contributed by atoms with Crippen molar-refractivity contribution in [2.75, 3.05) is 6.54 Å². The van der Waals surface area contributed by atoms with Gasteiger partial charge in [0.2, 0.25) is 5.91 Å². The molecule has 1 aliphatic rings. The summed E-state index contributed by atoms with van der Waals surface area (Å²) < 4.78 is 0. The maximum absolute atomic E-state index is 10.7. The molecular weight excluding hydrogens is 138 g/mol. The summed E-state index contributed by atoms with van der Waals surface area (Å²) in [6, 6.07) is 0. The van der Waals surface area contributed by atoms with Gasteiger partial charge in [0.1, 0.15) is 0 Å². The average Bonchev–Trinajstić information content (AvgIpc) is 2.37. The summed E-state index contributed by atoms with van der Waals surface area (Å²) in [5.74, 6) is 0.0801. The molecule has 0 saturated heterocycles. The van der Waals surface area contributed by atoms with Crippen molar-refractivity contribution in [2.45, 2.75) is 32.6 Å². The average molecular weight is 153 g/mol. The molecular formula is C9H15NO. The van der Waals surface area contributed by atoms with Gasteiger partial charge in [-0.3, -0.25) is 4.79 Å². The molecule has 11 heavy (non-hydrogen) atoms. The first kappa shape index (κ1) is 8.31. The number of carbonyl (C=O) groups excluding carboxylic acids is 1. The summed E-state index contributed by atoms with van der Waals surface area (Å²) >= 11 is 0. The molecule has 2 heteroatoms. The Morgan fingerprint density at radius 2 is 2.36 bits per heavy atom. The Kier molecular flexibility index (Phi) is 3.14. The maximum atomic E-state index is 10.7. The first-order chi connectivity index (χ1) is 5.33. The maximum Gasteiger partial charge on any atom is 0.244 e. The molecule has 0 unspecified atom stereocenters. The minimum Gasteiger partial charge on any atom is -0.349 e. The summed E-state index contributed by atoms with van der Waals surface area (Å²) in [6.45, 7) is 2.97. The number of amides is 1. The standard InChI is InChI=1S/C9H15NO/c1-2-3-4-5-8-6-9(11)10-7-8/h6H,2-5,7H2,1H3,(H,10,11). The van der Waals surface area contributed by atoms with Gasteiger partial charge in [0, 0.05) is 12.6 Å². The van der Waals surface area contributed by atoms with E-state index in [4.69, 9.17) is 0 Å². The van der Waals surface area contributed by atoms with Crippen LogP contribution in [0.5, 0.6) is 0 Å². The Balaban J connectivity index is 2.17. The molecule has 1 aliphatic heterocycles. The first-order valence-corrected chi connectivity index (χ1v) is 4.30. The van der Waals surface area contributed by atoms with E-state index in [0.29, 0.717) is 0 Å². The van der Waals surface area contributed by atoms with Crippen LogP contribution in [-0.4, -0.2) is 12.5 Å². The van der Waals surface area contributed by atoms with Gasteiger partial charge in [0.25, 0.3) is 0 Å². The zero-order valence-corrected chi connectivity index (χ0v) is 7.02. The molecule has 1 N–H and O–H groups in total. The second-order valence-electron chi connectivity index (χ2n) is 2.98. The summed E-state index contributed by atoms with van der Waals surface area (Å²) in [7, 11) is 0. The summed E-state index contributed by atoms with van der Waals surface area (Å²) in [5.41, 5.74) is 1.27. The lowest BCUT2D eigenvalue weighted by Crippen LogP contribution is -2.14. The zero-order valence-electron chi connectivity index (χ0n) is 7.02. The Labute approximate surface area is 67.7 Å². The molecule has 1 heterocycles. The number of nitrogens with one attached hydrogen (secondary N) is 1. The smallest absolute Gasteiger partial charge is 0.244 e. The minimum atomic E-state index is 0.0801. The van der Waals surface area contributed by atoms with Gasteiger partial charge in [-0.15, -0.1) is 0 Å². The van der Waals surface area contributed by atoms with Crippen molar-refractivity contribution in [3.63, 3.8) is 0 Å². The lowest BCUT2D eigenvalue weighted by molar-refractivity contribution is -0.115. The third-order valence-electron chi connectivity index (χ3n) is 1.93. The van der Waals surface area contributed by atoms with Crippen LogP contribution in [0.3, 0.4) is 0 Å². The third kappa shape index (κ3) is 2.74. The molecule has 0 radical (unpaired) electrons. The van der Waals surface area contributed by atoms with Gasteiger partial charge in [-0.1, -0.05) is 19.8 Å². The van der Waals surface area contributed by atoms with E-state index < -0.39 is 0 Å². The Morgan fingerprint density at radius 1 is 1.55 bits per heavy atom. The highest BCUT2D eigenvalue weighted by Crippen LogP contribution is 2.10. The molecule has 0 spiro atoms. The largest absolute Gasteiger partial charge is 0.349 e. The zero-order chi connectivity index (χ0) is 8.10. The van der Waals surface area contributed by atoms with E-state index in [9.17, 15) is 4.79 Å². The lowest BCUT2D eigenvalue weighted by Gasteiger charge is -1.98. The molecule has 0 aliphatic carbocycles. The van der Waals surface area contributed by atoms with Gasteiger partial charge < -0.3 is 5.32 Å². The number of rotatable bonds is 4. The van der Waals surface area contributed by atoms with Crippen molar-refractivity contribution in [3.05, 3.63) is 11.6 Å². The highest BCUT2D eigenvalue weighted by molar-refractivity contribution is 5.90. The number of unbranched alkanes of at least 4 members (excludes halogenated alkanes) is 2. The predicted octanol–water partition coefficient (Wildman–Crippen LogP) is 1.62. The Bertz CT molecular complexity index is 172. The summed E-state index contributed by atoms with van der Waals surface area (Å²) in [4.78, 5) is 10.7. The van der Waals surface area contributed by atoms with E-state index in [-0.39, 0.29) is 5.91 Å². The topological polar surface area (TPSA) is 29.1 Å². The van der Waals surface area contributed by atoms with Crippen LogP contribution in [0.25, 0.3) is 0 Å². The van der Waals surface area contributed by atoms with Crippen molar-refractivity contribution in [3.8, 4) is 0 Å². The van der Waals surface area contributed by atoms with Crippen LogP contribution in [0.2, 0.25) is 0 Å². The molecule has 0 aromatic heterocycles. The molecule has 0 fully saturated rings. The second-order valence-corrected chi connectivity index (χ2v) is 2.98. The lowest BCUT2D eigenvalue weighted by atomic mass is 10.1. The Hall–Kier alpha value is -0.790. The molecule has 0 bridgehead atoms. The van der Waals surface area contributed by atoms with Crippen molar-refractivity contribution in [1.29, 1.82) is 0 Å². The van der Waals surface area contributed by atoms with Crippen LogP contribution in [0, 0.1) is 0 Å².